The molecule has 1 rings (SSSR count). The molecule has 1 aromatic rings. The molecule has 0 bridgehead atoms. The molecule has 0 aliphatic rings. The highest BCUT2D eigenvalue weighted by molar-refractivity contribution is 5.34. The first-order valence-electron chi connectivity index (χ1n) is 5.54. The lowest BCUT2D eigenvalue weighted by Gasteiger charge is -2.14. The molecule has 1 atom stereocenters. The van der Waals surface area contributed by atoms with Crippen molar-refractivity contribution in [3.8, 4) is 0 Å². The number of aryl methyl sites for hydroxylation is 1. The van der Waals surface area contributed by atoms with Crippen molar-refractivity contribution < 1.29 is 5.11 Å². The van der Waals surface area contributed by atoms with Crippen LogP contribution in [0.25, 0.3) is 0 Å². The van der Waals surface area contributed by atoms with E-state index in [0.29, 0.717) is 5.92 Å². The van der Waals surface area contributed by atoms with Gasteiger partial charge in [0, 0.05) is 18.8 Å². The average Bonchev–Trinajstić information content (AvgIpc) is 2.24. The zero-order chi connectivity index (χ0) is 11.1. The Morgan fingerprint density at radius 3 is 2.87 bits per heavy atom. The fraction of sp³-hybridized carbons (Fsp3) is 0.583. The third-order valence-corrected chi connectivity index (χ3v) is 2.57. The molecule has 0 saturated heterocycles. The second-order valence-electron chi connectivity index (χ2n) is 3.83. The fourth-order valence-electron chi connectivity index (χ4n) is 1.52. The van der Waals surface area contributed by atoms with Crippen LogP contribution in [0.2, 0.25) is 0 Å². The molecule has 84 valence electrons. The van der Waals surface area contributed by atoms with E-state index in [0.717, 1.165) is 30.9 Å². The van der Waals surface area contributed by atoms with Crippen LogP contribution < -0.4 is 5.32 Å². The molecule has 0 saturated carbocycles. The van der Waals surface area contributed by atoms with Crippen LogP contribution >= 0.6 is 0 Å². The van der Waals surface area contributed by atoms with E-state index in [2.05, 4.69) is 17.2 Å². The van der Waals surface area contributed by atoms with Crippen LogP contribution in [-0.4, -0.2) is 23.2 Å². The van der Waals surface area contributed by atoms with Gasteiger partial charge in [-0.15, -0.1) is 0 Å². The van der Waals surface area contributed by atoms with Gasteiger partial charge in [0.1, 0.15) is 5.82 Å². The number of aliphatic hydroxyl groups excluding tert-OH is 1. The third kappa shape index (κ3) is 4.30. The Balaban J connectivity index is 2.41. The first-order chi connectivity index (χ1) is 7.26. The predicted molar refractivity (Wildman–Crippen MR) is 62.9 cm³/mol. The Bertz CT molecular complexity index is 289. The van der Waals surface area contributed by atoms with Gasteiger partial charge in [-0.05, 0) is 31.4 Å². The standard InChI is InChI=1S/C12H20N2O/c1-3-11(7-8-15)9-13-12-6-4-5-10(2)14-12/h4-6,11,15H,3,7-9H2,1-2H3,(H,13,14). The maximum Gasteiger partial charge on any atom is 0.126 e. The Morgan fingerprint density at radius 2 is 2.27 bits per heavy atom. The monoisotopic (exact) mass is 208 g/mol. The van der Waals surface area contributed by atoms with E-state index in [-0.39, 0.29) is 6.61 Å². The molecule has 0 aromatic carbocycles. The summed E-state index contributed by atoms with van der Waals surface area (Å²) in [7, 11) is 0. The van der Waals surface area contributed by atoms with Crippen LogP contribution in [0.15, 0.2) is 18.2 Å². The molecule has 0 radical (unpaired) electrons. The summed E-state index contributed by atoms with van der Waals surface area (Å²) in [6.07, 6.45) is 1.94. The Hall–Kier alpha value is -1.09. The zero-order valence-corrected chi connectivity index (χ0v) is 9.53. The molecular formula is C12H20N2O. The van der Waals surface area contributed by atoms with Crippen molar-refractivity contribution in [3.05, 3.63) is 23.9 Å². The molecule has 0 amide bonds. The second-order valence-corrected chi connectivity index (χ2v) is 3.83. The number of nitrogens with zero attached hydrogens (tertiary/aromatic N) is 1. The van der Waals surface area contributed by atoms with Gasteiger partial charge in [0.15, 0.2) is 0 Å². The topological polar surface area (TPSA) is 45.1 Å². The quantitative estimate of drug-likeness (QED) is 0.753. The van der Waals surface area contributed by atoms with E-state index in [4.69, 9.17) is 5.11 Å². The summed E-state index contributed by atoms with van der Waals surface area (Å²) in [6, 6.07) is 5.95. The Morgan fingerprint density at radius 1 is 1.47 bits per heavy atom. The molecule has 3 nitrogen and oxygen atoms in total. The van der Waals surface area contributed by atoms with Crippen LogP contribution in [0.1, 0.15) is 25.5 Å². The molecule has 2 N–H and O–H groups in total. The Labute approximate surface area is 91.5 Å². The molecule has 1 unspecified atom stereocenters. The van der Waals surface area contributed by atoms with Crippen LogP contribution in [0.3, 0.4) is 0 Å². The van der Waals surface area contributed by atoms with Crippen molar-refractivity contribution in [2.75, 3.05) is 18.5 Å². The smallest absolute Gasteiger partial charge is 0.126 e. The summed E-state index contributed by atoms with van der Waals surface area (Å²) < 4.78 is 0. The van der Waals surface area contributed by atoms with Crippen molar-refractivity contribution in [1.82, 2.24) is 4.98 Å². The summed E-state index contributed by atoms with van der Waals surface area (Å²) in [5.74, 6) is 1.45. The number of pyridine rings is 1. The lowest BCUT2D eigenvalue weighted by atomic mass is 10.0. The van der Waals surface area contributed by atoms with Crippen LogP contribution in [0.4, 0.5) is 5.82 Å². The summed E-state index contributed by atoms with van der Waals surface area (Å²) in [5, 5.41) is 12.2. The van der Waals surface area contributed by atoms with Gasteiger partial charge in [0.05, 0.1) is 0 Å². The van der Waals surface area contributed by atoms with Gasteiger partial charge in [0.25, 0.3) is 0 Å². The van der Waals surface area contributed by atoms with Gasteiger partial charge >= 0.3 is 0 Å². The molecule has 1 aromatic heterocycles. The van der Waals surface area contributed by atoms with Gasteiger partial charge < -0.3 is 10.4 Å². The van der Waals surface area contributed by atoms with Gasteiger partial charge in [-0.25, -0.2) is 4.98 Å². The highest BCUT2D eigenvalue weighted by Crippen LogP contribution is 2.10. The number of hydrogen-bond acceptors (Lipinski definition) is 3. The molecule has 0 spiro atoms. The molecule has 15 heavy (non-hydrogen) atoms. The van der Waals surface area contributed by atoms with Gasteiger partial charge in [-0.3, -0.25) is 0 Å². The number of nitrogens with one attached hydrogen (secondary N) is 1. The Kier molecular flexibility index (Phi) is 5.12. The van der Waals surface area contributed by atoms with E-state index >= 15 is 0 Å². The SMILES string of the molecule is CCC(CCO)CNc1cccc(C)n1. The van der Waals surface area contributed by atoms with Crippen LogP contribution in [-0.2, 0) is 0 Å². The minimum Gasteiger partial charge on any atom is -0.396 e. The maximum absolute atomic E-state index is 8.87. The van der Waals surface area contributed by atoms with E-state index in [1.807, 2.05) is 25.1 Å². The number of hydrogen-bond donors (Lipinski definition) is 2. The molecular weight excluding hydrogens is 188 g/mol. The summed E-state index contributed by atoms with van der Waals surface area (Å²) in [4.78, 5) is 4.37. The molecule has 1 heterocycles. The van der Waals surface area contributed by atoms with Gasteiger partial charge in [0.2, 0.25) is 0 Å². The van der Waals surface area contributed by atoms with Crippen LogP contribution in [0, 0.1) is 12.8 Å². The van der Waals surface area contributed by atoms with E-state index in [9.17, 15) is 0 Å². The van der Waals surface area contributed by atoms with E-state index < -0.39 is 0 Å². The van der Waals surface area contributed by atoms with Crippen molar-refractivity contribution in [1.29, 1.82) is 0 Å². The van der Waals surface area contributed by atoms with Gasteiger partial charge in [-0.1, -0.05) is 19.4 Å². The molecule has 3 heteroatoms. The zero-order valence-electron chi connectivity index (χ0n) is 9.53. The minimum atomic E-state index is 0.265. The van der Waals surface area contributed by atoms with Crippen molar-refractivity contribution in [2.45, 2.75) is 26.7 Å². The fourth-order valence-corrected chi connectivity index (χ4v) is 1.52. The summed E-state index contributed by atoms with van der Waals surface area (Å²) >= 11 is 0. The van der Waals surface area contributed by atoms with Crippen molar-refractivity contribution >= 4 is 5.82 Å². The van der Waals surface area contributed by atoms with Crippen molar-refractivity contribution in [2.24, 2.45) is 5.92 Å². The summed E-state index contributed by atoms with van der Waals surface area (Å²) in [6.45, 7) is 5.27. The first kappa shape index (κ1) is 12.0. The predicted octanol–water partition coefficient (Wildman–Crippen LogP) is 2.21. The molecule has 0 aliphatic heterocycles. The van der Waals surface area contributed by atoms with Gasteiger partial charge in [-0.2, -0.15) is 0 Å². The number of aromatic nitrogens is 1. The first-order valence-corrected chi connectivity index (χ1v) is 5.54. The molecule has 0 fully saturated rings. The molecule has 0 aliphatic carbocycles. The minimum absolute atomic E-state index is 0.265. The third-order valence-electron chi connectivity index (χ3n) is 2.57. The number of rotatable bonds is 6. The van der Waals surface area contributed by atoms with Crippen LogP contribution in [0.5, 0.6) is 0 Å². The number of aliphatic hydroxyl groups is 1. The number of anilines is 1. The lowest BCUT2D eigenvalue weighted by Crippen LogP contribution is -2.15. The maximum atomic E-state index is 8.87. The van der Waals surface area contributed by atoms with E-state index in [1.165, 1.54) is 0 Å². The highest BCUT2D eigenvalue weighted by Gasteiger charge is 2.05. The average molecular weight is 208 g/mol. The summed E-state index contributed by atoms with van der Waals surface area (Å²) in [5.41, 5.74) is 1.02. The lowest BCUT2D eigenvalue weighted by molar-refractivity contribution is 0.258. The normalized spacial score (nSPS) is 12.5. The largest absolute Gasteiger partial charge is 0.396 e. The second kappa shape index (κ2) is 6.40. The van der Waals surface area contributed by atoms with Crippen molar-refractivity contribution in [3.63, 3.8) is 0 Å². The van der Waals surface area contributed by atoms with E-state index in [1.54, 1.807) is 0 Å². The highest BCUT2D eigenvalue weighted by atomic mass is 16.3.